The molecule has 1 aliphatic rings. The van der Waals surface area contributed by atoms with Crippen molar-refractivity contribution in [2.24, 2.45) is 0 Å². The SMILES string of the molecule is COc1cc(OC)n2c(C)c(C3CC3)nc2n1. The Hall–Kier alpha value is -1.78. The smallest absolute Gasteiger partial charge is 0.240 e. The van der Waals surface area contributed by atoms with Crippen LogP contribution in [-0.4, -0.2) is 28.6 Å². The summed E-state index contributed by atoms with van der Waals surface area (Å²) in [6.45, 7) is 2.06. The Labute approximate surface area is 99.4 Å². The highest BCUT2D eigenvalue weighted by atomic mass is 16.5. The molecule has 0 aromatic carbocycles. The average Bonchev–Trinajstić information content (AvgIpc) is 3.13. The summed E-state index contributed by atoms with van der Waals surface area (Å²) in [5.41, 5.74) is 2.26. The van der Waals surface area contributed by atoms with Gasteiger partial charge in [-0.3, -0.25) is 4.40 Å². The number of hydrogen-bond donors (Lipinski definition) is 0. The molecule has 2 heterocycles. The van der Waals surface area contributed by atoms with E-state index in [0.717, 1.165) is 11.4 Å². The Morgan fingerprint density at radius 3 is 2.59 bits per heavy atom. The minimum absolute atomic E-state index is 0.529. The molecule has 0 unspecified atom stereocenters. The summed E-state index contributed by atoms with van der Waals surface area (Å²) < 4.78 is 12.5. The molecule has 17 heavy (non-hydrogen) atoms. The maximum atomic E-state index is 5.37. The molecule has 0 saturated heterocycles. The molecule has 5 nitrogen and oxygen atoms in total. The average molecular weight is 233 g/mol. The first-order valence-electron chi connectivity index (χ1n) is 5.72. The van der Waals surface area contributed by atoms with E-state index in [1.807, 2.05) is 4.40 Å². The molecule has 0 aliphatic heterocycles. The minimum Gasteiger partial charge on any atom is -0.482 e. The number of methoxy groups -OCH3 is 2. The van der Waals surface area contributed by atoms with Crippen LogP contribution in [0.5, 0.6) is 11.8 Å². The molecule has 0 atom stereocenters. The Morgan fingerprint density at radius 1 is 1.24 bits per heavy atom. The lowest BCUT2D eigenvalue weighted by Crippen LogP contribution is -2.00. The van der Waals surface area contributed by atoms with Crippen molar-refractivity contribution in [1.29, 1.82) is 0 Å². The summed E-state index contributed by atoms with van der Waals surface area (Å²) in [7, 11) is 3.24. The molecule has 1 aliphatic carbocycles. The van der Waals surface area contributed by atoms with Crippen molar-refractivity contribution >= 4 is 5.78 Å². The number of aromatic nitrogens is 3. The van der Waals surface area contributed by atoms with Crippen molar-refractivity contribution in [1.82, 2.24) is 14.4 Å². The molecule has 2 aromatic rings. The summed E-state index contributed by atoms with van der Waals surface area (Å²) in [6, 6.07) is 1.78. The summed E-state index contributed by atoms with van der Waals surface area (Å²) in [5, 5.41) is 0. The van der Waals surface area contributed by atoms with Gasteiger partial charge in [-0.25, -0.2) is 4.98 Å². The van der Waals surface area contributed by atoms with Crippen LogP contribution in [0.15, 0.2) is 6.07 Å². The molecular weight excluding hydrogens is 218 g/mol. The van der Waals surface area contributed by atoms with E-state index in [-0.39, 0.29) is 0 Å². The Kier molecular flexibility index (Phi) is 2.21. The molecule has 0 bridgehead atoms. The van der Waals surface area contributed by atoms with Crippen LogP contribution in [0.2, 0.25) is 0 Å². The van der Waals surface area contributed by atoms with Crippen molar-refractivity contribution in [3.8, 4) is 11.8 Å². The lowest BCUT2D eigenvalue weighted by Gasteiger charge is -2.07. The van der Waals surface area contributed by atoms with Crippen LogP contribution in [-0.2, 0) is 0 Å². The van der Waals surface area contributed by atoms with Crippen LogP contribution in [0.25, 0.3) is 5.78 Å². The van der Waals surface area contributed by atoms with E-state index < -0.39 is 0 Å². The fourth-order valence-electron chi connectivity index (χ4n) is 2.14. The number of aryl methyl sites for hydroxylation is 1. The largest absolute Gasteiger partial charge is 0.482 e. The molecule has 3 rings (SSSR count). The molecule has 0 N–H and O–H groups in total. The van der Waals surface area contributed by atoms with Gasteiger partial charge in [0.25, 0.3) is 0 Å². The molecule has 1 fully saturated rings. The Morgan fingerprint density at radius 2 is 2.00 bits per heavy atom. The summed E-state index contributed by atoms with van der Waals surface area (Å²) in [6.07, 6.45) is 2.45. The number of fused-ring (bicyclic) bond motifs is 1. The second kappa shape index (κ2) is 3.61. The summed E-state index contributed by atoms with van der Waals surface area (Å²) in [5.74, 6) is 2.50. The van der Waals surface area contributed by atoms with Crippen molar-refractivity contribution in [3.05, 3.63) is 17.5 Å². The van der Waals surface area contributed by atoms with E-state index in [4.69, 9.17) is 9.47 Å². The zero-order chi connectivity index (χ0) is 12.0. The lowest BCUT2D eigenvalue weighted by molar-refractivity contribution is 0.369. The van der Waals surface area contributed by atoms with Crippen LogP contribution in [0, 0.1) is 6.92 Å². The third-order valence-electron chi connectivity index (χ3n) is 3.19. The highest BCUT2D eigenvalue weighted by Gasteiger charge is 2.29. The molecule has 0 spiro atoms. The molecule has 2 aromatic heterocycles. The zero-order valence-corrected chi connectivity index (χ0v) is 10.2. The first-order valence-corrected chi connectivity index (χ1v) is 5.72. The molecule has 0 radical (unpaired) electrons. The number of ether oxygens (including phenoxy) is 2. The van der Waals surface area contributed by atoms with E-state index in [0.29, 0.717) is 23.5 Å². The minimum atomic E-state index is 0.529. The van der Waals surface area contributed by atoms with Crippen LogP contribution in [0.4, 0.5) is 0 Å². The molecule has 0 amide bonds. The maximum Gasteiger partial charge on any atom is 0.240 e. The molecule has 90 valence electrons. The quantitative estimate of drug-likeness (QED) is 0.812. The van der Waals surface area contributed by atoms with Gasteiger partial charge in [0, 0.05) is 11.6 Å². The topological polar surface area (TPSA) is 48.7 Å². The van der Waals surface area contributed by atoms with Crippen molar-refractivity contribution in [3.63, 3.8) is 0 Å². The van der Waals surface area contributed by atoms with Gasteiger partial charge in [-0.1, -0.05) is 0 Å². The van der Waals surface area contributed by atoms with Crippen LogP contribution < -0.4 is 9.47 Å². The van der Waals surface area contributed by atoms with Crippen LogP contribution in [0.1, 0.15) is 30.1 Å². The highest BCUT2D eigenvalue weighted by Crippen LogP contribution is 2.41. The van der Waals surface area contributed by atoms with E-state index >= 15 is 0 Å². The van der Waals surface area contributed by atoms with Crippen molar-refractivity contribution in [2.75, 3.05) is 14.2 Å². The van der Waals surface area contributed by atoms with Gasteiger partial charge in [0.1, 0.15) is 0 Å². The number of nitrogens with zero attached hydrogens (tertiary/aromatic N) is 3. The van der Waals surface area contributed by atoms with Gasteiger partial charge in [0.2, 0.25) is 17.5 Å². The normalized spacial score (nSPS) is 15.2. The predicted molar refractivity (Wildman–Crippen MR) is 62.8 cm³/mol. The monoisotopic (exact) mass is 233 g/mol. The standard InChI is InChI=1S/C12H15N3O2/c1-7-11(8-4-5-8)14-12-13-9(16-2)6-10(17-3)15(7)12/h6,8H,4-5H2,1-3H3. The van der Waals surface area contributed by atoms with Gasteiger partial charge in [0.15, 0.2) is 0 Å². The maximum absolute atomic E-state index is 5.37. The van der Waals surface area contributed by atoms with Crippen LogP contribution in [0.3, 0.4) is 0 Å². The van der Waals surface area contributed by atoms with E-state index in [2.05, 4.69) is 16.9 Å². The van der Waals surface area contributed by atoms with E-state index in [1.54, 1.807) is 20.3 Å². The fourth-order valence-corrected chi connectivity index (χ4v) is 2.14. The fraction of sp³-hybridized carbons (Fsp3) is 0.500. The van der Waals surface area contributed by atoms with Crippen molar-refractivity contribution < 1.29 is 9.47 Å². The van der Waals surface area contributed by atoms with Crippen LogP contribution >= 0.6 is 0 Å². The van der Waals surface area contributed by atoms with Crippen molar-refractivity contribution in [2.45, 2.75) is 25.7 Å². The Balaban J connectivity index is 2.27. The zero-order valence-electron chi connectivity index (χ0n) is 10.2. The lowest BCUT2D eigenvalue weighted by atomic mass is 10.2. The highest BCUT2D eigenvalue weighted by molar-refractivity contribution is 5.44. The van der Waals surface area contributed by atoms with Gasteiger partial charge >= 0.3 is 0 Å². The number of hydrogen-bond acceptors (Lipinski definition) is 4. The summed E-state index contributed by atoms with van der Waals surface area (Å²) in [4.78, 5) is 8.93. The number of imidazole rings is 1. The molecular formula is C12H15N3O2. The number of rotatable bonds is 3. The van der Waals surface area contributed by atoms with E-state index in [1.165, 1.54) is 12.8 Å². The first kappa shape index (κ1) is 10.4. The third-order valence-corrected chi connectivity index (χ3v) is 3.19. The molecule has 5 heteroatoms. The van der Waals surface area contributed by atoms with Gasteiger partial charge in [-0.2, -0.15) is 4.98 Å². The van der Waals surface area contributed by atoms with Gasteiger partial charge in [-0.05, 0) is 19.8 Å². The first-order chi connectivity index (χ1) is 8.24. The van der Waals surface area contributed by atoms with Gasteiger partial charge in [0.05, 0.1) is 26.0 Å². The second-order valence-electron chi connectivity index (χ2n) is 4.33. The van der Waals surface area contributed by atoms with Gasteiger partial charge < -0.3 is 9.47 Å². The van der Waals surface area contributed by atoms with Gasteiger partial charge in [-0.15, -0.1) is 0 Å². The predicted octanol–water partition coefficient (Wildman–Crippen LogP) is 1.93. The Bertz CT molecular complexity index is 573. The second-order valence-corrected chi connectivity index (χ2v) is 4.33. The molecule has 1 saturated carbocycles. The summed E-state index contributed by atoms with van der Waals surface area (Å²) >= 11 is 0. The third kappa shape index (κ3) is 1.53. The van der Waals surface area contributed by atoms with E-state index in [9.17, 15) is 0 Å².